The molecule has 0 aliphatic rings. The molecule has 1 aromatic heterocycles. The number of aryl methyl sites for hydroxylation is 1. The fraction of sp³-hybridized carbons (Fsp3) is 0.316. The molecule has 0 bridgehead atoms. The van der Waals surface area contributed by atoms with E-state index < -0.39 is 0 Å². The highest BCUT2D eigenvalue weighted by molar-refractivity contribution is 5.94. The predicted octanol–water partition coefficient (Wildman–Crippen LogP) is 2.52. The first-order chi connectivity index (χ1) is 12.0. The summed E-state index contributed by atoms with van der Waals surface area (Å²) in [5.41, 5.74) is 2.54. The standard InChI is InChI=1S/C19H24N4O2/c1-14-7-9-16(10-8-14)18(24)21-12-13-22-19(25)23(3)15(2)17-6-4-5-11-20-17/h4-11,15H,12-13H2,1-3H3,(H,21,24)(H,22,25)/t15-/m1/s1. The van der Waals surface area contributed by atoms with Gasteiger partial charge in [-0.15, -0.1) is 0 Å². The van der Waals surface area contributed by atoms with Gasteiger partial charge in [0.15, 0.2) is 0 Å². The van der Waals surface area contributed by atoms with Crippen molar-refractivity contribution in [3.63, 3.8) is 0 Å². The quantitative estimate of drug-likeness (QED) is 0.794. The highest BCUT2D eigenvalue weighted by atomic mass is 16.2. The average Bonchev–Trinajstić information content (AvgIpc) is 2.65. The third-order valence-electron chi connectivity index (χ3n) is 4.02. The zero-order valence-electron chi connectivity index (χ0n) is 14.8. The van der Waals surface area contributed by atoms with Crippen LogP contribution in [0.2, 0.25) is 0 Å². The summed E-state index contributed by atoms with van der Waals surface area (Å²) in [4.78, 5) is 30.0. The molecule has 132 valence electrons. The summed E-state index contributed by atoms with van der Waals surface area (Å²) in [6.07, 6.45) is 1.71. The Hall–Kier alpha value is -2.89. The maximum Gasteiger partial charge on any atom is 0.317 e. The average molecular weight is 340 g/mol. The van der Waals surface area contributed by atoms with Crippen molar-refractivity contribution in [1.29, 1.82) is 0 Å². The van der Waals surface area contributed by atoms with Gasteiger partial charge in [-0.2, -0.15) is 0 Å². The Morgan fingerprint density at radius 3 is 2.40 bits per heavy atom. The van der Waals surface area contributed by atoms with Gasteiger partial charge in [0.1, 0.15) is 0 Å². The van der Waals surface area contributed by atoms with Gasteiger partial charge in [0.25, 0.3) is 5.91 Å². The number of carbonyl (C=O) groups is 2. The second-order valence-electron chi connectivity index (χ2n) is 5.90. The molecule has 1 heterocycles. The Labute approximate surface area is 148 Å². The summed E-state index contributed by atoms with van der Waals surface area (Å²) >= 11 is 0. The molecule has 6 heteroatoms. The summed E-state index contributed by atoms with van der Waals surface area (Å²) in [6, 6.07) is 12.6. The molecular weight excluding hydrogens is 316 g/mol. The summed E-state index contributed by atoms with van der Waals surface area (Å²) in [7, 11) is 1.72. The van der Waals surface area contributed by atoms with Crippen molar-refractivity contribution in [2.24, 2.45) is 0 Å². The van der Waals surface area contributed by atoms with Crippen molar-refractivity contribution in [3.8, 4) is 0 Å². The lowest BCUT2D eigenvalue weighted by molar-refractivity contribution is 0.0953. The number of urea groups is 1. The van der Waals surface area contributed by atoms with Crippen LogP contribution < -0.4 is 10.6 Å². The zero-order valence-corrected chi connectivity index (χ0v) is 14.8. The molecule has 0 aliphatic heterocycles. The number of nitrogens with one attached hydrogen (secondary N) is 2. The lowest BCUT2D eigenvalue weighted by Gasteiger charge is -2.24. The van der Waals surface area contributed by atoms with E-state index >= 15 is 0 Å². The van der Waals surface area contributed by atoms with Gasteiger partial charge in [0.2, 0.25) is 0 Å². The molecule has 2 rings (SSSR count). The smallest absolute Gasteiger partial charge is 0.317 e. The number of rotatable bonds is 6. The predicted molar refractivity (Wildman–Crippen MR) is 97.3 cm³/mol. The first kappa shape index (κ1) is 18.4. The Balaban J connectivity index is 1.74. The van der Waals surface area contributed by atoms with Gasteiger partial charge >= 0.3 is 6.03 Å². The minimum atomic E-state index is -0.206. The summed E-state index contributed by atoms with van der Waals surface area (Å²) in [6.45, 7) is 4.61. The highest BCUT2D eigenvalue weighted by Crippen LogP contribution is 2.15. The minimum absolute atomic E-state index is 0.136. The van der Waals surface area contributed by atoms with Gasteiger partial charge in [-0.3, -0.25) is 9.78 Å². The first-order valence-corrected chi connectivity index (χ1v) is 8.25. The maximum absolute atomic E-state index is 12.2. The molecule has 0 fully saturated rings. The summed E-state index contributed by atoms with van der Waals surface area (Å²) in [5, 5.41) is 5.58. The molecule has 0 saturated heterocycles. The van der Waals surface area contributed by atoms with E-state index in [0.717, 1.165) is 11.3 Å². The molecule has 6 nitrogen and oxygen atoms in total. The van der Waals surface area contributed by atoms with Crippen molar-refractivity contribution < 1.29 is 9.59 Å². The number of hydrogen-bond donors (Lipinski definition) is 2. The van der Waals surface area contributed by atoms with Gasteiger partial charge in [-0.1, -0.05) is 23.8 Å². The molecule has 0 radical (unpaired) electrons. The third-order valence-corrected chi connectivity index (χ3v) is 4.02. The Kier molecular flexibility index (Phi) is 6.51. The zero-order chi connectivity index (χ0) is 18.2. The van der Waals surface area contributed by atoms with Crippen LogP contribution in [0.25, 0.3) is 0 Å². The molecule has 2 N–H and O–H groups in total. The van der Waals surface area contributed by atoms with Crippen molar-refractivity contribution in [3.05, 3.63) is 65.5 Å². The van der Waals surface area contributed by atoms with E-state index in [4.69, 9.17) is 0 Å². The molecule has 0 unspecified atom stereocenters. The van der Waals surface area contributed by atoms with Crippen molar-refractivity contribution in [1.82, 2.24) is 20.5 Å². The van der Waals surface area contributed by atoms with Crippen LogP contribution in [0.3, 0.4) is 0 Å². The second kappa shape index (κ2) is 8.82. The van der Waals surface area contributed by atoms with Gasteiger partial charge in [0.05, 0.1) is 11.7 Å². The van der Waals surface area contributed by atoms with Gasteiger partial charge < -0.3 is 15.5 Å². The Morgan fingerprint density at radius 1 is 1.08 bits per heavy atom. The van der Waals surface area contributed by atoms with Gasteiger partial charge in [-0.05, 0) is 38.1 Å². The van der Waals surface area contributed by atoms with Crippen LogP contribution in [0, 0.1) is 6.92 Å². The molecule has 0 aliphatic carbocycles. The number of nitrogens with zero attached hydrogens (tertiary/aromatic N) is 2. The normalized spacial score (nSPS) is 11.5. The van der Waals surface area contributed by atoms with E-state index in [1.807, 2.05) is 44.2 Å². The number of carbonyl (C=O) groups excluding carboxylic acids is 2. The van der Waals surface area contributed by atoms with Crippen LogP contribution in [-0.2, 0) is 0 Å². The molecule has 2 aromatic rings. The number of aromatic nitrogens is 1. The Bertz CT molecular complexity index is 701. The SMILES string of the molecule is Cc1ccc(C(=O)NCCNC(=O)N(C)[C@H](C)c2ccccn2)cc1. The van der Waals surface area contributed by atoms with E-state index in [9.17, 15) is 9.59 Å². The maximum atomic E-state index is 12.2. The summed E-state index contributed by atoms with van der Waals surface area (Å²) < 4.78 is 0. The van der Waals surface area contributed by atoms with Crippen molar-refractivity contribution in [2.45, 2.75) is 19.9 Å². The van der Waals surface area contributed by atoms with Crippen molar-refractivity contribution >= 4 is 11.9 Å². The van der Waals surface area contributed by atoms with Crippen LogP contribution in [-0.4, -0.2) is 42.0 Å². The van der Waals surface area contributed by atoms with E-state index in [2.05, 4.69) is 15.6 Å². The fourth-order valence-electron chi connectivity index (χ4n) is 2.27. The van der Waals surface area contributed by atoms with Crippen LogP contribution in [0.4, 0.5) is 4.79 Å². The van der Waals surface area contributed by atoms with Crippen LogP contribution >= 0.6 is 0 Å². The molecular formula is C19H24N4O2. The molecule has 0 saturated carbocycles. The number of benzene rings is 1. The number of hydrogen-bond acceptors (Lipinski definition) is 3. The summed E-state index contributed by atoms with van der Waals surface area (Å²) in [5.74, 6) is -0.149. The van der Waals surface area contributed by atoms with E-state index in [1.54, 1.807) is 30.3 Å². The Morgan fingerprint density at radius 2 is 1.76 bits per heavy atom. The van der Waals surface area contributed by atoms with E-state index in [-0.39, 0.29) is 18.0 Å². The molecule has 3 amide bonds. The van der Waals surface area contributed by atoms with Crippen LogP contribution in [0.5, 0.6) is 0 Å². The van der Waals surface area contributed by atoms with E-state index in [0.29, 0.717) is 18.7 Å². The molecule has 25 heavy (non-hydrogen) atoms. The lowest BCUT2D eigenvalue weighted by atomic mass is 10.1. The molecule has 0 spiro atoms. The minimum Gasteiger partial charge on any atom is -0.350 e. The van der Waals surface area contributed by atoms with Crippen molar-refractivity contribution in [2.75, 3.05) is 20.1 Å². The fourth-order valence-corrected chi connectivity index (χ4v) is 2.27. The van der Waals surface area contributed by atoms with Crippen LogP contribution in [0.1, 0.15) is 34.6 Å². The first-order valence-electron chi connectivity index (χ1n) is 8.25. The highest BCUT2D eigenvalue weighted by Gasteiger charge is 2.17. The topological polar surface area (TPSA) is 74.3 Å². The number of pyridine rings is 1. The van der Waals surface area contributed by atoms with Crippen LogP contribution in [0.15, 0.2) is 48.7 Å². The molecule has 1 atom stereocenters. The van der Waals surface area contributed by atoms with Gasteiger partial charge in [-0.25, -0.2) is 4.79 Å². The number of amides is 3. The largest absolute Gasteiger partial charge is 0.350 e. The second-order valence-corrected chi connectivity index (χ2v) is 5.90. The molecule has 1 aromatic carbocycles. The van der Waals surface area contributed by atoms with Gasteiger partial charge in [0, 0.05) is 31.9 Å². The third kappa shape index (κ3) is 5.31. The lowest BCUT2D eigenvalue weighted by Crippen LogP contribution is -2.42. The monoisotopic (exact) mass is 340 g/mol. The van der Waals surface area contributed by atoms with E-state index in [1.165, 1.54) is 0 Å².